The number of ether oxygens (including phenoxy) is 1. The summed E-state index contributed by atoms with van der Waals surface area (Å²) in [5, 5.41) is 6.66. The molecular formula is C20H18ClN3O2. The monoisotopic (exact) mass is 367 g/mol. The third-order valence-corrected chi connectivity index (χ3v) is 3.81. The SMILES string of the molecule is CCOc1ccc(NC(=O)c2ccnc(Nc3ccc(Cl)cc3)c2)cc1. The smallest absolute Gasteiger partial charge is 0.255 e. The van der Waals surface area contributed by atoms with Crippen LogP contribution >= 0.6 is 11.6 Å². The minimum absolute atomic E-state index is 0.212. The van der Waals surface area contributed by atoms with Crippen molar-refractivity contribution in [2.75, 3.05) is 17.2 Å². The highest BCUT2D eigenvalue weighted by Crippen LogP contribution is 2.19. The van der Waals surface area contributed by atoms with Crippen molar-refractivity contribution in [3.8, 4) is 5.75 Å². The molecule has 3 rings (SSSR count). The second kappa shape index (κ2) is 8.36. The summed E-state index contributed by atoms with van der Waals surface area (Å²) in [6, 6.07) is 17.9. The molecule has 0 aliphatic heterocycles. The van der Waals surface area contributed by atoms with Crippen LogP contribution in [0.5, 0.6) is 5.75 Å². The molecule has 0 saturated carbocycles. The summed E-state index contributed by atoms with van der Waals surface area (Å²) in [5.41, 5.74) is 2.04. The summed E-state index contributed by atoms with van der Waals surface area (Å²) >= 11 is 5.88. The Bertz CT molecular complexity index is 880. The van der Waals surface area contributed by atoms with E-state index in [1.165, 1.54) is 0 Å². The predicted molar refractivity (Wildman–Crippen MR) is 105 cm³/mol. The Morgan fingerprint density at radius 1 is 1.04 bits per heavy atom. The number of nitrogens with zero attached hydrogens (tertiary/aromatic N) is 1. The maximum atomic E-state index is 12.5. The molecule has 1 heterocycles. The van der Waals surface area contributed by atoms with Gasteiger partial charge in [0.05, 0.1) is 6.61 Å². The van der Waals surface area contributed by atoms with Gasteiger partial charge in [0.2, 0.25) is 0 Å². The lowest BCUT2D eigenvalue weighted by Gasteiger charge is -2.09. The van der Waals surface area contributed by atoms with Crippen LogP contribution in [0.3, 0.4) is 0 Å². The molecule has 6 heteroatoms. The van der Waals surface area contributed by atoms with E-state index in [4.69, 9.17) is 16.3 Å². The molecule has 132 valence electrons. The summed E-state index contributed by atoms with van der Waals surface area (Å²) in [7, 11) is 0. The van der Waals surface area contributed by atoms with Gasteiger partial charge in [0.1, 0.15) is 11.6 Å². The molecule has 5 nitrogen and oxygen atoms in total. The number of anilines is 3. The van der Waals surface area contributed by atoms with Crippen LogP contribution in [-0.2, 0) is 0 Å². The lowest BCUT2D eigenvalue weighted by atomic mass is 10.2. The first-order valence-corrected chi connectivity index (χ1v) is 8.54. The zero-order valence-corrected chi connectivity index (χ0v) is 15.0. The van der Waals surface area contributed by atoms with E-state index in [2.05, 4.69) is 15.6 Å². The second-order valence-electron chi connectivity index (χ2n) is 5.47. The normalized spacial score (nSPS) is 10.2. The standard InChI is InChI=1S/C20H18ClN3O2/c1-2-26-18-9-7-17(8-10-18)24-20(25)14-11-12-22-19(13-14)23-16-5-3-15(21)4-6-16/h3-13H,2H2,1H3,(H,22,23)(H,24,25). The van der Waals surface area contributed by atoms with Crippen LogP contribution in [0.15, 0.2) is 66.9 Å². The summed E-state index contributed by atoms with van der Waals surface area (Å²) in [4.78, 5) is 16.7. The quantitative estimate of drug-likeness (QED) is 0.634. The lowest BCUT2D eigenvalue weighted by molar-refractivity contribution is 0.102. The van der Waals surface area contributed by atoms with Gasteiger partial charge in [0.25, 0.3) is 5.91 Å². The Morgan fingerprint density at radius 2 is 1.73 bits per heavy atom. The molecule has 2 aromatic carbocycles. The van der Waals surface area contributed by atoms with E-state index < -0.39 is 0 Å². The summed E-state index contributed by atoms with van der Waals surface area (Å²) in [5.74, 6) is 1.13. The number of aromatic nitrogens is 1. The number of nitrogens with one attached hydrogen (secondary N) is 2. The Hall–Kier alpha value is -3.05. The van der Waals surface area contributed by atoms with Gasteiger partial charge >= 0.3 is 0 Å². The van der Waals surface area contributed by atoms with Crippen molar-refractivity contribution in [1.29, 1.82) is 0 Å². The van der Waals surface area contributed by atoms with Gasteiger partial charge in [-0.25, -0.2) is 4.98 Å². The zero-order chi connectivity index (χ0) is 18.4. The highest BCUT2D eigenvalue weighted by Gasteiger charge is 2.08. The van der Waals surface area contributed by atoms with Gasteiger partial charge in [0.15, 0.2) is 0 Å². The zero-order valence-electron chi connectivity index (χ0n) is 14.2. The van der Waals surface area contributed by atoms with Crippen molar-refractivity contribution in [3.05, 3.63) is 77.4 Å². The van der Waals surface area contributed by atoms with Crippen LogP contribution in [0, 0.1) is 0 Å². The van der Waals surface area contributed by atoms with Gasteiger partial charge in [0, 0.05) is 28.2 Å². The van der Waals surface area contributed by atoms with E-state index in [-0.39, 0.29) is 5.91 Å². The molecular weight excluding hydrogens is 350 g/mol. The molecule has 0 radical (unpaired) electrons. The first-order chi connectivity index (χ1) is 12.6. The van der Waals surface area contributed by atoms with Crippen LogP contribution < -0.4 is 15.4 Å². The Balaban J connectivity index is 1.68. The highest BCUT2D eigenvalue weighted by atomic mass is 35.5. The minimum atomic E-state index is -0.212. The summed E-state index contributed by atoms with van der Waals surface area (Å²) in [6.45, 7) is 2.53. The molecule has 0 aliphatic carbocycles. The minimum Gasteiger partial charge on any atom is -0.494 e. The fourth-order valence-corrected chi connectivity index (χ4v) is 2.45. The number of benzene rings is 2. The third-order valence-electron chi connectivity index (χ3n) is 3.56. The molecule has 1 amide bonds. The van der Waals surface area contributed by atoms with E-state index in [9.17, 15) is 4.79 Å². The Kier molecular flexibility index (Phi) is 5.71. The third kappa shape index (κ3) is 4.74. The largest absolute Gasteiger partial charge is 0.494 e. The van der Waals surface area contributed by atoms with Gasteiger partial charge < -0.3 is 15.4 Å². The van der Waals surface area contributed by atoms with E-state index in [1.54, 1.807) is 42.6 Å². The van der Waals surface area contributed by atoms with Crippen LogP contribution in [0.4, 0.5) is 17.2 Å². The van der Waals surface area contributed by atoms with Crippen LogP contribution in [0.1, 0.15) is 17.3 Å². The van der Waals surface area contributed by atoms with E-state index in [1.807, 2.05) is 31.2 Å². The molecule has 0 fully saturated rings. The molecule has 0 aliphatic rings. The fraction of sp³-hybridized carbons (Fsp3) is 0.100. The number of carbonyl (C=O) groups is 1. The second-order valence-corrected chi connectivity index (χ2v) is 5.91. The Labute approximate surface area is 157 Å². The molecule has 0 spiro atoms. The average Bonchev–Trinajstić information content (AvgIpc) is 2.66. The van der Waals surface area contributed by atoms with Crippen LogP contribution in [-0.4, -0.2) is 17.5 Å². The van der Waals surface area contributed by atoms with Crippen molar-refractivity contribution in [3.63, 3.8) is 0 Å². The number of amides is 1. The molecule has 3 aromatic rings. The maximum absolute atomic E-state index is 12.5. The number of rotatable bonds is 6. The fourth-order valence-electron chi connectivity index (χ4n) is 2.33. The molecule has 2 N–H and O–H groups in total. The van der Waals surface area contributed by atoms with E-state index in [0.29, 0.717) is 28.7 Å². The van der Waals surface area contributed by atoms with E-state index >= 15 is 0 Å². The van der Waals surface area contributed by atoms with Gasteiger partial charge in [-0.15, -0.1) is 0 Å². The molecule has 1 aromatic heterocycles. The molecule has 0 unspecified atom stereocenters. The topological polar surface area (TPSA) is 63.2 Å². The first-order valence-electron chi connectivity index (χ1n) is 8.17. The molecule has 0 bridgehead atoms. The average molecular weight is 368 g/mol. The molecule has 26 heavy (non-hydrogen) atoms. The highest BCUT2D eigenvalue weighted by molar-refractivity contribution is 6.30. The van der Waals surface area contributed by atoms with Crippen LogP contribution in [0.2, 0.25) is 5.02 Å². The number of hydrogen-bond acceptors (Lipinski definition) is 4. The lowest BCUT2D eigenvalue weighted by Crippen LogP contribution is -2.12. The van der Waals surface area contributed by atoms with Gasteiger partial charge in [-0.3, -0.25) is 4.79 Å². The van der Waals surface area contributed by atoms with Crippen LogP contribution in [0.25, 0.3) is 0 Å². The number of halogens is 1. The predicted octanol–water partition coefficient (Wildman–Crippen LogP) is 5.13. The van der Waals surface area contributed by atoms with Crippen molar-refractivity contribution in [2.24, 2.45) is 0 Å². The van der Waals surface area contributed by atoms with Crippen molar-refractivity contribution in [1.82, 2.24) is 4.98 Å². The Morgan fingerprint density at radius 3 is 2.42 bits per heavy atom. The first kappa shape index (κ1) is 17.8. The van der Waals surface area contributed by atoms with Crippen molar-refractivity contribution in [2.45, 2.75) is 6.92 Å². The van der Waals surface area contributed by atoms with Gasteiger partial charge in [-0.2, -0.15) is 0 Å². The maximum Gasteiger partial charge on any atom is 0.255 e. The molecule has 0 saturated heterocycles. The number of hydrogen-bond donors (Lipinski definition) is 2. The van der Waals surface area contributed by atoms with Gasteiger partial charge in [-0.05, 0) is 67.6 Å². The molecule has 0 atom stereocenters. The number of pyridine rings is 1. The summed E-state index contributed by atoms with van der Waals surface area (Å²) in [6.07, 6.45) is 1.59. The summed E-state index contributed by atoms with van der Waals surface area (Å²) < 4.78 is 5.39. The number of carbonyl (C=O) groups excluding carboxylic acids is 1. The van der Waals surface area contributed by atoms with E-state index in [0.717, 1.165) is 11.4 Å². The van der Waals surface area contributed by atoms with Crippen molar-refractivity contribution < 1.29 is 9.53 Å². The van der Waals surface area contributed by atoms with Gasteiger partial charge in [-0.1, -0.05) is 11.6 Å². The van der Waals surface area contributed by atoms with Crippen molar-refractivity contribution >= 4 is 34.7 Å².